The molecule has 301 valence electrons. The smallest absolute Gasteiger partial charge is 0.0774 e. The molecule has 3 heterocycles. The summed E-state index contributed by atoms with van der Waals surface area (Å²) < 4.78 is 52.1. The van der Waals surface area contributed by atoms with Crippen molar-refractivity contribution >= 4 is 32.8 Å². The van der Waals surface area contributed by atoms with E-state index < -0.39 is 13.7 Å². The van der Waals surface area contributed by atoms with E-state index in [0.717, 1.165) is 66.9 Å². The second-order valence-electron chi connectivity index (χ2n) is 14.9. The number of aryl methyl sites for hydroxylation is 3. The molecular weight excluding hydrogens is 935 g/mol. The molecule has 0 aliphatic heterocycles. The van der Waals surface area contributed by atoms with Crippen molar-refractivity contribution in [3.63, 3.8) is 0 Å². The molecule has 0 fully saturated rings. The van der Waals surface area contributed by atoms with Gasteiger partial charge in [0.15, 0.2) is 0 Å². The summed E-state index contributed by atoms with van der Waals surface area (Å²) in [6.07, 6.45) is 4.59. The Morgan fingerprint density at radius 2 is 1.27 bits per heavy atom. The normalized spacial score (nSPS) is 12.9. The first-order chi connectivity index (χ1) is 32.4. The van der Waals surface area contributed by atoms with Crippen LogP contribution in [0.3, 0.4) is 0 Å². The quantitative estimate of drug-likeness (QED) is 0.156. The molecule has 0 atom stereocenters. The summed E-state index contributed by atoms with van der Waals surface area (Å²) in [6, 6.07) is 66.0. The topological polar surface area (TPSA) is 43.9 Å². The number of nitrogens with zero attached hydrogens (tertiary/aromatic N) is 3. The van der Waals surface area contributed by atoms with Crippen molar-refractivity contribution in [2.45, 2.75) is 20.6 Å². The zero-order chi connectivity index (χ0) is 46.3. The van der Waals surface area contributed by atoms with Crippen LogP contribution in [0.25, 0.3) is 94.5 Å². The minimum Gasteiger partial charge on any atom is -0.557 e. The summed E-state index contributed by atoms with van der Waals surface area (Å²) in [5.74, 6) is 0.790. The van der Waals surface area contributed by atoms with Gasteiger partial charge < -0.3 is 14.0 Å². The van der Waals surface area contributed by atoms with E-state index in [-0.39, 0.29) is 31.2 Å². The molecule has 0 spiro atoms. The molecule has 1 radical (unpaired) electrons. The van der Waals surface area contributed by atoms with Gasteiger partial charge in [-0.3, -0.25) is 4.98 Å². The Morgan fingerprint density at radius 1 is 0.581 bits per heavy atom. The molecule has 5 heteroatoms. The molecule has 0 amide bonds. The molecule has 0 N–H and O–H groups in total. The van der Waals surface area contributed by atoms with Gasteiger partial charge in [-0.05, 0) is 87.9 Å². The molecule has 0 saturated heterocycles. The number of imidazole rings is 1. The van der Waals surface area contributed by atoms with Crippen LogP contribution in [-0.2, 0) is 20.1 Å². The number of rotatable bonds is 6. The third-order valence-corrected chi connectivity index (χ3v) is 10.9. The second-order valence-corrected chi connectivity index (χ2v) is 14.9. The minimum atomic E-state index is -2.18. The van der Waals surface area contributed by atoms with E-state index >= 15 is 0 Å². The molecule has 0 aliphatic carbocycles. The number of fused-ring (bicyclic) bond motifs is 3. The van der Waals surface area contributed by atoms with Crippen LogP contribution in [0.4, 0.5) is 0 Å². The van der Waals surface area contributed by atoms with Crippen LogP contribution in [0.1, 0.15) is 24.9 Å². The molecule has 0 bridgehead atoms. The van der Waals surface area contributed by atoms with Crippen LogP contribution < -0.4 is 0 Å². The first-order valence-electron chi connectivity index (χ1n) is 23.1. The molecule has 3 aromatic heterocycles. The zero-order valence-electron chi connectivity index (χ0n) is 39.6. The summed E-state index contributed by atoms with van der Waals surface area (Å²) in [5.41, 5.74) is 14.2. The molecule has 4 nitrogen and oxygen atoms in total. The first kappa shape index (κ1) is 33.5. The van der Waals surface area contributed by atoms with Crippen LogP contribution in [0.5, 0.6) is 0 Å². The van der Waals surface area contributed by atoms with Crippen molar-refractivity contribution in [1.82, 2.24) is 14.5 Å². The summed E-state index contributed by atoms with van der Waals surface area (Å²) in [7, 11) is 0. The maximum atomic E-state index is 7.28. The van der Waals surface area contributed by atoms with Crippen LogP contribution in [-0.4, -0.2) is 14.5 Å². The third kappa shape index (κ3) is 7.81. The van der Waals surface area contributed by atoms with Crippen LogP contribution in [0.2, 0.25) is 0 Å². The first-order valence-corrected chi connectivity index (χ1v) is 20.1. The Bertz CT molecular complexity index is 3430. The van der Waals surface area contributed by atoms with Gasteiger partial charge in [0.05, 0.1) is 22.5 Å². The molecule has 0 unspecified atom stereocenters. The van der Waals surface area contributed by atoms with E-state index in [0.29, 0.717) is 11.3 Å². The van der Waals surface area contributed by atoms with Gasteiger partial charge in [-0.15, -0.1) is 35.4 Å². The summed E-state index contributed by atoms with van der Waals surface area (Å²) in [4.78, 5) is 9.37. The average Bonchev–Trinajstić information content (AvgIpc) is 3.95. The van der Waals surface area contributed by atoms with Gasteiger partial charge in [0.2, 0.25) is 0 Å². The Balaban J connectivity index is 0.000000232. The van der Waals surface area contributed by atoms with Crippen LogP contribution in [0.15, 0.2) is 199 Å². The van der Waals surface area contributed by atoms with Crippen molar-refractivity contribution in [3.8, 4) is 61.7 Å². The van der Waals surface area contributed by atoms with Gasteiger partial charge in [-0.1, -0.05) is 163 Å². The Morgan fingerprint density at radius 3 is 1.98 bits per heavy atom. The van der Waals surface area contributed by atoms with Gasteiger partial charge in [-0.25, -0.2) is 0 Å². The molecule has 62 heavy (non-hydrogen) atoms. The second kappa shape index (κ2) is 17.4. The number of hydrogen-bond donors (Lipinski definition) is 0. The van der Waals surface area contributed by atoms with Gasteiger partial charge in [-0.2, -0.15) is 0 Å². The monoisotopic (exact) mass is 982 g/mol. The number of aromatic nitrogens is 3. The maximum Gasteiger partial charge on any atom is 0.0774 e. The number of furan rings is 1. The fourth-order valence-electron chi connectivity index (χ4n) is 8.04. The van der Waals surface area contributed by atoms with E-state index in [1.54, 1.807) is 12.1 Å². The molecular formula is C57H41IrN3O-2. The van der Waals surface area contributed by atoms with Crippen molar-refractivity contribution < 1.29 is 32.7 Å². The third-order valence-electron chi connectivity index (χ3n) is 10.9. The van der Waals surface area contributed by atoms with E-state index in [9.17, 15) is 0 Å². The Labute approximate surface area is 384 Å². The predicted molar refractivity (Wildman–Crippen MR) is 252 cm³/mol. The average molecular weight is 982 g/mol. The predicted octanol–water partition coefficient (Wildman–Crippen LogP) is 14.9. The van der Waals surface area contributed by atoms with Gasteiger partial charge in [0.1, 0.15) is 0 Å². The van der Waals surface area contributed by atoms with Crippen molar-refractivity contribution in [2.75, 3.05) is 0 Å². The van der Waals surface area contributed by atoms with Gasteiger partial charge in [0.25, 0.3) is 0 Å². The molecule has 11 rings (SSSR count). The minimum absolute atomic E-state index is 0. The SMILES string of the molecule is Cc1cc(-c2ccccc2)c(-n2c(-c3[c-]oc4ccc(-c5cccc6ccccc56)cc34)nc3ccccc32)c(-c2ccccc2)c1.[2H]C([2H])([2H])c1c[c-]c(-c2ccc(C([2H])([2H])[2H])cn2)cc1.[Ir]. The fraction of sp³-hybridized carbons (Fsp3) is 0.0526. The maximum absolute atomic E-state index is 7.28. The van der Waals surface area contributed by atoms with Crippen molar-refractivity contribution in [3.05, 3.63) is 223 Å². The number of para-hydroxylation sites is 2. The van der Waals surface area contributed by atoms with Gasteiger partial charge in [0, 0.05) is 57.5 Å². The van der Waals surface area contributed by atoms with Crippen LogP contribution in [0, 0.1) is 33.0 Å². The summed E-state index contributed by atoms with van der Waals surface area (Å²) in [6.45, 7) is -2.17. The van der Waals surface area contributed by atoms with E-state index in [1.165, 1.54) is 46.3 Å². The number of pyridine rings is 1. The van der Waals surface area contributed by atoms with E-state index in [4.69, 9.17) is 17.6 Å². The van der Waals surface area contributed by atoms with Crippen LogP contribution >= 0.6 is 0 Å². The van der Waals surface area contributed by atoms with Crippen molar-refractivity contribution in [1.29, 1.82) is 0 Å². The van der Waals surface area contributed by atoms with Crippen molar-refractivity contribution in [2.24, 2.45) is 0 Å². The summed E-state index contributed by atoms with van der Waals surface area (Å²) >= 11 is 0. The number of benzene rings is 8. The fourth-order valence-corrected chi connectivity index (χ4v) is 8.04. The largest absolute Gasteiger partial charge is 0.557 e. The molecule has 11 aromatic rings. The molecule has 0 aliphatic rings. The molecule has 0 saturated carbocycles. The molecule has 8 aromatic carbocycles. The Hall–Kier alpha value is -7.17. The number of hydrogen-bond acceptors (Lipinski definition) is 3. The zero-order valence-corrected chi connectivity index (χ0v) is 36.0. The van der Waals surface area contributed by atoms with E-state index in [1.807, 2.05) is 6.07 Å². The van der Waals surface area contributed by atoms with E-state index in [2.05, 4.69) is 180 Å². The van der Waals surface area contributed by atoms with Gasteiger partial charge >= 0.3 is 0 Å². The Kier molecular flexibility index (Phi) is 9.43. The standard InChI is InChI=1S/C44H29N2O.C13H12N.Ir/c1-29-25-36(31-13-4-2-5-14-31)43(37(26-29)32-15-6-3-7-16-32)46-41-22-11-10-21-40(41)45-44(46)39-28-47-42-24-23-33(27-38(39)42)35-20-12-18-30-17-8-9-19-34(30)35;1-10-3-6-12(7-4-10)13-8-5-11(2)9-14-13;/h2-27H,1H3;3-6,8-9H,1-2H3;/q2*-1;/i;1D3,2D3;. The summed E-state index contributed by atoms with van der Waals surface area (Å²) in [5, 5.41) is 3.41.